The highest BCUT2D eigenvalue weighted by Gasteiger charge is 2.34. The summed E-state index contributed by atoms with van der Waals surface area (Å²) in [6.07, 6.45) is 2.57. The molecule has 1 atom stereocenters. The molecule has 0 radical (unpaired) electrons. The predicted molar refractivity (Wildman–Crippen MR) is 74.8 cm³/mol. The van der Waals surface area contributed by atoms with Crippen LogP contribution in [0.15, 0.2) is 16.6 Å². The van der Waals surface area contributed by atoms with Gasteiger partial charge in [-0.2, -0.15) is 0 Å². The molecular formula is C13H17BrClNO. The zero-order chi connectivity index (χ0) is 12.4. The third-order valence-corrected chi connectivity index (χ3v) is 3.90. The molecule has 0 aliphatic heterocycles. The van der Waals surface area contributed by atoms with E-state index < -0.39 is 0 Å². The first kappa shape index (κ1) is 13.2. The first-order valence-electron chi connectivity index (χ1n) is 5.93. The number of hydrogen-bond acceptors (Lipinski definition) is 2. The van der Waals surface area contributed by atoms with Crippen LogP contribution >= 0.6 is 27.5 Å². The minimum atomic E-state index is 0.352. The van der Waals surface area contributed by atoms with Gasteiger partial charge in [0.2, 0.25) is 0 Å². The van der Waals surface area contributed by atoms with Crippen LogP contribution in [-0.2, 0) is 0 Å². The molecule has 1 aromatic carbocycles. The van der Waals surface area contributed by atoms with Crippen LogP contribution in [0.3, 0.4) is 0 Å². The number of methoxy groups -OCH3 is 1. The molecular weight excluding hydrogens is 302 g/mol. The van der Waals surface area contributed by atoms with Crippen molar-refractivity contribution in [1.82, 2.24) is 5.32 Å². The van der Waals surface area contributed by atoms with E-state index in [4.69, 9.17) is 16.3 Å². The van der Waals surface area contributed by atoms with Crippen molar-refractivity contribution in [2.75, 3.05) is 13.7 Å². The van der Waals surface area contributed by atoms with Crippen molar-refractivity contribution in [3.63, 3.8) is 0 Å². The number of nitrogens with one attached hydrogen (secondary N) is 1. The Balaban J connectivity index is 2.39. The Hall–Kier alpha value is -0.250. The minimum absolute atomic E-state index is 0.352. The Labute approximate surface area is 116 Å². The molecule has 2 nitrogen and oxygen atoms in total. The van der Waals surface area contributed by atoms with Gasteiger partial charge in [0, 0.05) is 16.6 Å². The Bertz CT molecular complexity index is 407. The van der Waals surface area contributed by atoms with E-state index in [1.54, 1.807) is 7.11 Å². The van der Waals surface area contributed by atoms with Gasteiger partial charge < -0.3 is 10.1 Å². The quantitative estimate of drug-likeness (QED) is 0.879. The molecule has 0 aromatic heterocycles. The summed E-state index contributed by atoms with van der Waals surface area (Å²) in [4.78, 5) is 0. The SMILES string of the molecule is CCNC(c1cc(Cl)cc(Br)c1OC)C1CC1. The lowest BCUT2D eigenvalue weighted by molar-refractivity contribution is 0.390. The number of rotatable bonds is 5. The van der Waals surface area contributed by atoms with Crippen LogP contribution in [-0.4, -0.2) is 13.7 Å². The highest BCUT2D eigenvalue weighted by Crippen LogP contribution is 2.46. The van der Waals surface area contributed by atoms with Crippen molar-refractivity contribution < 1.29 is 4.74 Å². The van der Waals surface area contributed by atoms with Crippen molar-refractivity contribution in [3.8, 4) is 5.75 Å². The van der Waals surface area contributed by atoms with Crippen LogP contribution in [0.4, 0.5) is 0 Å². The van der Waals surface area contributed by atoms with Crippen LogP contribution in [0.1, 0.15) is 31.4 Å². The molecule has 0 spiro atoms. The molecule has 1 aliphatic rings. The molecule has 0 amide bonds. The van der Waals surface area contributed by atoms with Crippen LogP contribution in [0, 0.1) is 5.92 Å². The van der Waals surface area contributed by atoms with Crippen molar-refractivity contribution in [3.05, 3.63) is 27.2 Å². The van der Waals surface area contributed by atoms with Crippen molar-refractivity contribution in [1.29, 1.82) is 0 Å². The monoisotopic (exact) mass is 317 g/mol. The molecule has 17 heavy (non-hydrogen) atoms. The third kappa shape index (κ3) is 2.95. The first-order chi connectivity index (χ1) is 8.17. The summed E-state index contributed by atoms with van der Waals surface area (Å²) < 4.78 is 6.41. The van der Waals surface area contributed by atoms with E-state index >= 15 is 0 Å². The van der Waals surface area contributed by atoms with Gasteiger partial charge in [-0.15, -0.1) is 0 Å². The molecule has 1 saturated carbocycles. The molecule has 1 unspecified atom stereocenters. The van der Waals surface area contributed by atoms with E-state index in [0.29, 0.717) is 12.0 Å². The third-order valence-electron chi connectivity index (χ3n) is 3.09. The summed E-state index contributed by atoms with van der Waals surface area (Å²) >= 11 is 9.64. The van der Waals surface area contributed by atoms with E-state index in [9.17, 15) is 0 Å². The molecule has 1 aromatic rings. The first-order valence-corrected chi connectivity index (χ1v) is 7.10. The fourth-order valence-electron chi connectivity index (χ4n) is 2.21. The number of hydrogen-bond donors (Lipinski definition) is 1. The van der Waals surface area contributed by atoms with Crippen LogP contribution in [0.25, 0.3) is 0 Å². The normalized spacial score (nSPS) is 16.9. The molecule has 0 saturated heterocycles. The van der Waals surface area contributed by atoms with Crippen LogP contribution < -0.4 is 10.1 Å². The summed E-state index contributed by atoms with van der Waals surface area (Å²) in [5, 5.41) is 4.28. The van der Waals surface area contributed by atoms with E-state index in [2.05, 4.69) is 28.2 Å². The van der Waals surface area contributed by atoms with E-state index in [1.807, 2.05) is 12.1 Å². The van der Waals surface area contributed by atoms with Crippen molar-refractivity contribution in [2.45, 2.75) is 25.8 Å². The van der Waals surface area contributed by atoms with Crippen LogP contribution in [0.2, 0.25) is 5.02 Å². The second kappa shape index (κ2) is 5.59. The summed E-state index contributed by atoms with van der Waals surface area (Å²) in [6.45, 7) is 3.08. The lowest BCUT2D eigenvalue weighted by Gasteiger charge is -2.21. The van der Waals surface area contributed by atoms with Crippen molar-refractivity contribution in [2.24, 2.45) is 5.92 Å². The summed E-state index contributed by atoms with van der Waals surface area (Å²) in [7, 11) is 1.70. The van der Waals surface area contributed by atoms with Gasteiger partial charge in [0.25, 0.3) is 0 Å². The van der Waals surface area contributed by atoms with Gasteiger partial charge in [-0.1, -0.05) is 18.5 Å². The molecule has 4 heteroatoms. The summed E-state index contributed by atoms with van der Waals surface area (Å²) in [6, 6.07) is 4.24. The molecule has 0 bridgehead atoms. The van der Waals surface area contributed by atoms with Gasteiger partial charge in [-0.05, 0) is 53.4 Å². The Morgan fingerprint density at radius 2 is 2.24 bits per heavy atom. The molecule has 1 N–H and O–H groups in total. The zero-order valence-electron chi connectivity index (χ0n) is 10.1. The highest BCUT2D eigenvalue weighted by molar-refractivity contribution is 9.10. The summed E-state index contributed by atoms with van der Waals surface area (Å²) in [5.41, 5.74) is 1.16. The average Bonchev–Trinajstić information content (AvgIpc) is 3.08. The second-order valence-corrected chi connectivity index (χ2v) is 5.67. The maximum atomic E-state index is 6.14. The Kier molecular flexibility index (Phi) is 4.34. The van der Waals surface area contributed by atoms with Gasteiger partial charge in [0.15, 0.2) is 0 Å². The number of halogens is 2. The standard InChI is InChI=1S/C13H17BrClNO/c1-3-16-12(8-4-5-8)10-6-9(15)7-11(14)13(10)17-2/h6-8,12,16H,3-5H2,1-2H3. The Morgan fingerprint density at radius 1 is 1.53 bits per heavy atom. The maximum absolute atomic E-state index is 6.14. The largest absolute Gasteiger partial charge is 0.495 e. The second-order valence-electron chi connectivity index (χ2n) is 4.38. The fourth-order valence-corrected chi connectivity index (χ4v) is 3.20. The lowest BCUT2D eigenvalue weighted by Crippen LogP contribution is -2.23. The molecule has 1 aliphatic carbocycles. The molecule has 0 heterocycles. The van der Waals surface area contributed by atoms with Gasteiger partial charge in [0.05, 0.1) is 11.6 Å². The molecule has 2 rings (SSSR count). The van der Waals surface area contributed by atoms with E-state index in [-0.39, 0.29) is 0 Å². The molecule has 94 valence electrons. The van der Waals surface area contributed by atoms with Gasteiger partial charge in [0.1, 0.15) is 5.75 Å². The number of benzene rings is 1. The van der Waals surface area contributed by atoms with Gasteiger partial charge >= 0.3 is 0 Å². The highest BCUT2D eigenvalue weighted by atomic mass is 79.9. The number of ether oxygens (including phenoxy) is 1. The minimum Gasteiger partial charge on any atom is -0.495 e. The van der Waals surface area contributed by atoms with Gasteiger partial charge in [-0.3, -0.25) is 0 Å². The molecule has 1 fully saturated rings. The lowest BCUT2D eigenvalue weighted by atomic mass is 10.0. The van der Waals surface area contributed by atoms with E-state index in [0.717, 1.165) is 27.4 Å². The maximum Gasteiger partial charge on any atom is 0.137 e. The zero-order valence-corrected chi connectivity index (χ0v) is 12.4. The summed E-state index contributed by atoms with van der Waals surface area (Å²) in [5.74, 6) is 1.61. The Morgan fingerprint density at radius 3 is 2.76 bits per heavy atom. The van der Waals surface area contributed by atoms with E-state index in [1.165, 1.54) is 12.8 Å². The van der Waals surface area contributed by atoms with Crippen LogP contribution in [0.5, 0.6) is 5.75 Å². The van der Waals surface area contributed by atoms with Crippen molar-refractivity contribution >= 4 is 27.5 Å². The predicted octanol–water partition coefficient (Wildman–Crippen LogP) is 4.17. The van der Waals surface area contributed by atoms with Gasteiger partial charge in [-0.25, -0.2) is 0 Å². The average molecular weight is 319 g/mol. The fraction of sp³-hybridized carbons (Fsp3) is 0.538. The topological polar surface area (TPSA) is 21.3 Å². The smallest absolute Gasteiger partial charge is 0.137 e.